The Morgan fingerprint density at radius 1 is 1.28 bits per heavy atom. The highest BCUT2D eigenvalue weighted by atomic mass is 35.5. The van der Waals surface area contributed by atoms with Crippen molar-refractivity contribution in [2.45, 2.75) is 56.7 Å². The molecule has 1 aromatic rings. The number of halogens is 2. The van der Waals surface area contributed by atoms with Gasteiger partial charge in [-0.15, -0.1) is 29.9 Å². The van der Waals surface area contributed by atoms with Crippen LogP contribution in [0.2, 0.25) is 0 Å². The molecule has 0 amide bonds. The number of ether oxygens (including phenoxy) is 2. The Bertz CT molecular complexity index is 502. The predicted octanol–water partition coefficient (Wildman–Crippen LogP) is 0.147. The van der Waals surface area contributed by atoms with Gasteiger partial charge in [-0.3, -0.25) is 4.68 Å². The summed E-state index contributed by atoms with van der Waals surface area (Å²) in [6.07, 6.45) is 2.95. The van der Waals surface area contributed by atoms with Crippen LogP contribution in [0.1, 0.15) is 25.0 Å². The molecule has 146 valence electrons. The van der Waals surface area contributed by atoms with E-state index >= 15 is 0 Å². The molecule has 10 heteroatoms. The van der Waals surface area contributed by atoms with E-state index in [0.717, 1.165) is 38.2 Å². The maximum absolute atomic E-state index is 10.3. The third kappa shape index (κ3) is 5.75. The third-order valence-corrected chi connectivity index (χ3v) is 4.77. The van der Waals surface area contributed by atoms with Crippen LogP contribution in [-0.2, 0) is 22.6 Å². The molecule has 3 N–H and O–H groups in total. The molecule has 1 aromatic heterocycles. The lowest BCUT2D eigenvalue weighted by Gasteiger charge is -2.28. The molecule has 2 fully saturated rings. The topological polar surface area (TPSA) is 102 Å². The Labute approximate surface area is 160 Å². The molecule has 25 heavy (non-hydrogen) atoms. The Kier molecular flexibility index (Phi) is 9.58. The van der Waals surface area contributed by atoms with Gasteiger partial charge in [0.2, 0.25) is 0 Å². The van der Waals surface area contributed by atoms with Gasteiger partial charge in [0.25, 0.3) is 0 Å². The third-order valence-electron chi connectivity index (χ3n) is 4.77. The Morgan fingerprint density at radius 2 is 2.00 bits per heavy atom. The van der Waals surface area contributed by atoms with Crippen molar-refractivity contribution in [1.29, 1.82) is 0 Å². The summed E-state index contributed by atoms with van der Waals surface area (Å²) in [5.41, 5.74) is 0.761. The minimum Gasteiger partial charge on any atom is -0.390 e. The molecule has 1 aliphatic carbocycles. The van der Waals surface area contributed by atoms with Crippen LogP contribution in [0.4, 0.5) is 0 Å². The van der Waals surface area contributed by atoms with Gasteiger partial charge in [-0.05, 0) is 19.3 Å². The first-order chi connectivity index (χ1) is 11.2. The lowest BCUT2D eigenvalue weighted by Crippen LogP contribution is -2.47. The first kappa shape index (κ1) is 22.6. The highest BCUT2D eigenvalue weighted by molar-refractivity contribution is 5.85. The SMILES string of the molecule is COCc1cn(C[C@H]2C[C@@H](NC3CCOCC3)[C@H](O)[C@@H]2O)nn1.Cl.Cl. The van der Waals surface area contributed by atoms with Gasteiger partial charge in [0.1, 0.15) is 5.69 Å². The molecule has 1 saturated heterocycles. The summed E-state index contributed by atoms with van der Waals surface area (Å²) in [4.78, 5) is 0. The number of aromatic nitrogens is 3. The first-order valence-electron chi connectivity index (χ1n) is 8.25. The Balaban J connectivity index is 0.00000156. The van der Waals surface area contributed by atoms with Gasteiger partial charge in [0.05, 0.1) is 25.0 Å². The smallest absolute Gasteiger partial charge is 0.108 e. The fourth-order valence-corrected chi connectivity index (χ4v) is 3.52. The number of nitrogens with zero attached hydrogens (tertiary/aromatic N) is 3. The Hall–Kier alpha value is -0.480. The van der Waals surface area contributed by atoms with Crippen molar-refractivity contribution in [3.8, 4) is 0 Å². The van der Waals surface area contributed by atoms with E-state index in [4.69, 9.17) is 9.47 Å². The minimum atomic E-state index is -0.748. The van der Waals surface area contributed by atoms with Crippen LogP contribution in [0.25, 0.3) is 0 Å². The number of hydrogen-bond donors (Lipinski definition) is 3. The number of hydrogen-bond acceptors (Lipinski definition) is 7. The summed E-state index contributed by atoms with van der Waals surface area (Å²) in [6.45, 7) is 2.48. The van der Waals surface area contributed by atoms with E-state index in [1.165, 1.54) is 0 Å². The molecule has 2 heterocycles. The van der Waals surface area contributed by atoms with E-state index in [1.54, 1.807) is 11.8 Å². The van der Waals surface area contributed by atoms with Crippen molar-refractivity contribution in [2.75, 3.05) is 20.3 Å². The number of nitrogens with one attached hydrogen (secondary N) is 1. The van der Waals surface area contributed by atoms with Gasteiger partial charge in [0, 0.05) is 44.9 Å². The number of rotatable bonds is 6. The summed E-state index contributed by atoms with van der Waals surface area (Å²) < 4.78 is 12.1. The molecule has 0 unspecified atom stereocenters. The standard InChI is InChI=1S/C15H26N4O4.2ClH/c1-22-9-12-8-19(18-17-12)7-10-6-13(15(21)14(10)20)16-11-2-4-23-5-3-11;;/h8,10-11,13-16,20-21H,2-7,9H2,1H3;2*1H/t10-,13-,14-,15+;;/m1../s1. The molecule has 3 rings (SSSR count). The zero-order valence-corrected chi connectivity index (χ0v) is 15.9. The summed E-state index contributed by atoms with van der Waals surface area (Å²) in [5, 5.41) is 32.2. The van der Waals surface area contributed by atoms with Gasteiger partial charge in [-0.25, -0.2) is 0 Å². The van der Waals surface area contributed by atoms with Gasteiger partial charge >= 0.3 is 0 Å². The maximum atomic E-state index is 10.3. The van der Waals surface area contributed by atoms with Gasteiger partial charge in [-0.1, -0.05) is 5.21 Å². The maximum Gasteiger partial charge on any atom is 0.108 e. The normalized spacial score (nSPS) is 29.9. The molecule has 4 atom stereocenters. The fourth-order valence-electron chi connectivity index (χ4n) is 3.52. The predicted molar refractivity (Wildman–Crippen MR) is 96.1 cm³/mol. The van der Waals surface area contributed by atoms with E-state index in [0.29, 0.717) is 19.2 Å². The molecule has 0 spiro atoms. The van der Waals surface area contributed by atoms with Crippen LogP contribution in [0.15, 0.2) is 6.20 Å². The minimum absolute atomic E-state index is 0. The van der Waals surface area contributed by atoms with E-state index in [9.17, 15) is 10.2 Å². The highest BCUT2D eigenvalue weighted by Crippen LogP contribution is 2.29. The average molecular weight is 399 g/mol. The first-order valence-corrected chi connectivity index (χ1v) is 8.25. The van der Waals surface area contributed by atoms with Crippen molar-refractivity contribution < 1.29 is 19.7 Å². The quantitative estimate of drug-likeness (QED) is 0.626. The average Bonchev–Trinajstić information content (AvgIpc) is 3.10. The molecule has 0 radical (unpaired) electrons. The van der Waals surface area contributed by atoms with Crippen LogP contribution >= 0.6 is 24.8 Å². The molecule has 1 saturated carbocycles. The van der Waals surface area contributed by atoms with Crippen molar-refractivity contribution in [3.05, 3.63) is 11.9 Å². The molecule has 0 bridgehead atoms. The second-order valence-corrected chi connectivity index (χ2v) is 6.50. The van der Waals surface area contributed by atoms with Crippen LogP contribution in [0.5, 0.6) is 0 Å². The molecule has 1 aliphatic heterocycles. The lowest BCUT2D eigenvalue weighted by atomic mass is 10.1. The van der Waals surface area contributed by atoms with Crippen molar-refractivity contribution in [1.82, 2.24) is 20.3 Å². The van der Waals surface area contributed by atoms with E-state index < -0.39 is 12.2 Å². The number of aliphatic hydroxyl groups is 2. The second-order valence-electron chi connectivity index (χ2n) is 6.50. The summed E-state index contributed by atoms with van der Waals surface area (Å²) in [7, 11) is 1.61. The zero-order valence-electron chi connectivity index (χ0n) is 14.3. The molecule has 0 aromatic carbocycles. The van der Waals surface area contributed by atoms with Gasteiger partial charge < -0.3 is 25.0 Å². The van der Waals surface area contributed by atoms with E-state index in [-0.39, 0.29) is 36.8 Å². The highest BCUT2D eigenvalue weighted by Gasteiger charge is 2.42. The van der Waals surface area contributed by atoms with E-state index in [2.05, 4.69) is 15.6 Å². The Morgan fingerprint density at radius 3 is 2.68 bits per heavy atom. The summed E-state index contributed by atoms with van der Waals surface area (Å²) in [5.74, 6) is -0.0422. The zero-order chi connectivity index (χ0) is 16.2. The molecule has 2 aliphatic rings. The molecular weight excluding hydrogens is 371 g/mol. The van der Waals surface area contributed by atoms with Crippen LogP contribution in [0, 0.1) is 5.92 Å². The molecular formula is C15H28Cl2N4O4. The summed E-state index contributed by atoms with van der Waals surface area (Å²) in [6, 6.07) is 0.272. The van der Waals surface area contributed by atoms with Crippen molar-refractivity contribution in [2.24, 2.45) is 5.92 Å². The monoisotopic (exact) mass is 398 g/mol. The summed E-state index contributed by atoms with van der Waals surface area (Å²) >= 11 is 0. The second kappa shape index (κ2) is 10.6. The van der Waals surface area contributed by atoms with Gasteiger partial charge in [0.15, 0.2) is 0 Å². The van der Waals surface area contributed by atoms with Crippen molar-refractivity contribution in [3.63, 3.8) is 0 Å². The van der Waals surface area contributed by atoms with Crippen LogP contribution < -0.4 is 5.32 Å². The number of aliphatic hydroxyl groups excluding tert-OH is 2. The van der Waals surface area contributed by atoms with Crippen molar-refractivity contribution >= 4 is 24.8 Å². The number of methoxy groups -OCH3 is 1. The van der Waals surface area contributed by atoms with Crippen LogP contribution in [-0.4, -0.2) is 69.8 Å². The van der Waals surface area contributed by atoms with Gasteiger partial charge in [-0.2, -0.15) is 0 Å². The molecule has 8 nitrogen and oxygen atoms in total. The van der Waals surface area contributed by atoms with Crippen LogP contribution in [0.3, 0.4) is 0 Å². The lowest BCUT2D eigenvalue weighted by molar-refractivity contribution is 0.00271. The van der Waals surface area contributed by atoms with E-state index in [1.807, 2.05) is 6.20 Å². The largest absolute Gasteiger partial charge is 0.390 e. The fraction of sp³-hybridized carbons (Fsp3) is 0.867.